The lowest BCUT2D eigenvalue weighted by Gasteiger charge is -1.99. The smallest absolute Gasteiger partial charge is 0.124 e. The minimum atomic E-state index is -0.264. The van der Waals surface area contributed by atoms with E-state index in [1.54, 1.807) is 6.07 Å². The Kier molecular flexibility index (Phi) is 1.61. The Morgan fingerprint density at radius 1 is 1.27 bits per heavy atom. The molecule has 0 unspecified atom stereocenters. The summed E-state index contributed by atoms with van der Waals surface area (Å²) in [6.45, 7) is 0. The summed E-state index contributed by atoms with van der Waals surface area (Å²) < 4.78 is 12.5. The molecule has 2 rings (SSSR count). The molecule has 1 aliphatic rings. The van der Waals surface area contributed by atoms with Gasteiger partial charge in [0.1, 0.15) is 5.82 Å². The van der Waals surface area contributed by atoms with E-state index in [1.165, 1.54) is 18.1 Å². The Morgan fingerprint density at radius 3 is 2.55 bits per heavy atom. The van der Waals surface area contributed by atoms with E-state index in [1.807, 2.05) is 0 Å². The Bertz CT molecular complexity index is 279. The standard InChI is InChI=1S/C9H7ClF/c10-9-5-7(11)3-4-8(9)6-1-2-6/h3-5H,1-2H2. The van der Waals surface area contributed by atoms with Crippen LogP contribution in [0.2, 0.25) is 5.02 Å². The van der Waals surface area contributed by atoms with Crippen molar-refractivity contribution in [2.75, 3.05) is 0 Å². The maximum Gasteiger partial charge on any atom is 0.124 e. The SMILES string of the molecule is Fc1ccc([C]2CC2)c(Cl)c1. The van der Waals surface area contributed by atoms with Gasteiger partial charge in [0.25, 0.3) is 0 Å². The van der Waals surface area contributed by atoms with Crippen molar-refractivity contribution in [3.63, 3.8) is 0 Å². The lowest BCUT2D eigenvalue weighted by molar-refractivity contribution is 0.627. The fourth-order valence-electron chi connectivity index (χ4n) is 1.11. The summed E-state index contributed by atoms with van der Waals surface area (Å²) in [7, 11) is 0. The average Bonchev–Trinajstić information content (AvgIpc) is 2.70. The zero-order chi connectivity index (χ0) is 7.84. The highest BCUT2D eigenvalue weighted by Gasteiger charge is 2.26. The van der Waals surface area contributed by atoms with Crippen molar-refractivity contribution in [1.82, 2.24) is 0 Å². The molecule has 0 aromatic heterocycles. The van der Waals surface area contributed by atoms with Gasteiger partial charge in [-0.3, -0.25) is 0 Å². The second kappa shape index (κ2) is 2.49. The van der Waals surface area contributed by atoms with Crippen molar-refractivity contribution < 1.29 is 4.39 Å². The summed E-state index contributed by atoms with van der Waals surface area (Å²) in [4.78, 5) is 0. The molecule has 2 heteroatoms. The van der Waals surface area contributed by atoms with Crippen molar-refractivity contribution in [3.05, 3.63) is 40.5 Å². The molecular weight excluding hydrogens is 163 g/mol. The first kappa shape index (κ1) is 7.11. The molecule has 0 atom stereocenters. The van der Waals surface area contributed by atoms with Crippen LogP contribution in [-0.2, 0) is 0 Å². The molecule has 0 aliphatic heterocycles. The van der Waals surface area contributed by atoms with Gasteiger partial charge < -0.3 is 0 Å². The van der Waals surface area contributed by atoms with Crippen LogP contribution >= 0.6 is 11.6 Å². The third kappa shape index (κ3) is 1.38. The fourth-order valence-corrected chi connectivity index (χ4v) is 1.41. The van der Waals surface area contributed by atoms with Crippen molar-refractivity contribution in [2.24, 2.45) is 0 Å². The first-order valence-corrected chi connectivity index (χ1v) is 3.95. The molecule has 0 amide bonds. The van der Waals surface area contributed by atoms with Crippen molar-refractivity contribution >= 4 is 11.6 Å². The predicted molar refractivity (Wildman–Crippen MR) is 43.0 cm³/mol. The molecular formula is C9H7ClF. The van der Waals surface area contributed by atoms with E-state index >= 15 is 0 Å². The van der Waals surface area contributed by atoms with Crippen LogP contribution in [0.5, 0.6) is 0 Å². The van der Waals surface area contributed by atoms with Gasteiger partial charge in [0.05, 0.1) is 0 Å². The predicted octanol–water partition coefficient (Wildman–Crippen LogP) is 3.20. The third-order valence-electron chi connectivity index (χ3n) is 1.81. The second-order valence-corrected chi connectivity index (χ2v) is 3.13. The summed E-state index contributed by atoms with van der Waals surface area (Å²) in [5, 5.41) is 0.539. The lowest BCUT2D eigenvalue weighted by atomic mass is 10.1. The number of halogens is 2. The molecule has 1 fully saturated rings. The summed E-state index contributed by atoms with van der Waals surface area (Å²) >= 11 is 5.80. The van der Waals surface area contributed by atoms with Gasteiger partial charge in [0, 0.05) is 10.9 Å². The molecule has 0 nitrogen and oxygen atoms in total. The third-order valence-corrected chi connectivity index (χ3v) is 2.12. The Labute approximate surface area is 70.0 Å². The Morgan fingerprint density at radius 2 is 2.00 bits per heavy atom. The largest absolute Gasteiger partial charge is 0.207 e. The van der Waals surface area contributed by atoms with Gasteiger partial charge in [0.2, 0.25) is 0 Å². The Hall–Kier alpha value is -0.560. The van der Waals surface area contributed by atoms with Crippen LogP contribution in [0.3, 0.4) is 0 Å². The quantitative estimate of drug-likeness (QED) is 0.606. The van der Waals surface area contributed by atoms with Crippen LogP contribution in [0, 0.1) is 11.7 Å². The number of hydrogen-bond acceptors (Lipinski definition) is 0. The maximum atomic E-state index is 12.5. The van der Waals surface area contributed by atoms with Gasteiger partial charge in [-0.2, -0.15) is 0 Å². The molecule has 1 saturated carbocycles. The highest BCUT2D eigenvalue weighted by atomic mass is 35.5. The van der Waals surface area contributed by atoms with Gasteiger partial charge in [-0.25, -0.2) is 4.39 Å². The molecule has 0 spiro atoms. The maximum absolute atomic E-state index is 12.5. The van der Waals surface area contributed by atoms with Gasteiger partial charge in [-0.1, -0.05) is 17.7 Å². The zero-order valence-corrected chi connectivity index (χ0v) is 6.66. The molecule has 1 radical (unpaired) electrons. The van der Waals surface area contributed by atoms with Crippen molar-refractivity contribution in [3.8, 4) is 0 Å². The highest BCUT2D eigenvalue weighted by Crippen LogP contribution is 2.41. The minimum Gasteiger partial charge on any atom is -0.207 e. The molecule has 1 aromatic rings. The number of rotatable bonds is 1. The molecule has 11 heavy (non-hydrogen) atoms. The topological polar surface area (TPSA) is 0 Å². The normalized spacial score (nSPS) is 16.9. The van der Waals surface area contributed by atoms with Gasteiger partial charge in [-0.15, -0.1) is 0 Å². The minimum absolute atomic E-state index is 0.264. The Balaban J connectivity index is 2.39. The van der Waals surface area contributed by atoms with Gasteiger partial charge in [-0.05, 0) is 30.5 Å². The van der Waals surface area contributed by atoms with Gasteiger partial charge in [0.15, 0.2) is 0 Å². The second-order valence-electron chi connectivity index (χ2n) is 2.73. The van der Waals surface area contributed by atoms with E-state index < -0.39 is 0 Å². The number of hydrogen-bond donors (Lipinski definition) is 0. The van der Waals surface area contributed by atoms with Crippen molar-refractivity contribution in [2.45, 2.75) is 12.8 Å². The van der Waals surface area contributed by atoms with E-state index in [4.69, 9.17) is 11.6 Å². The van der Waals surface area contributed by atoms with E-state index in [-0.39, 0.29) is 5.82 Å². The van der Waals surface area contributed by atoms with Crippen LogP contribution in [-0.4, -0.2) is 0 Å². The van der Waals surface area contributed by atoms with Crippen LogP contribution in [0.1, 0.15) is 18.4 Å². The molecule has 1 aromatic carbocycles. The highest BCUT2D eigenvalue weighted by molar-refractivity contribution is 6.31. The van der Waals surface area contributed by atoms with Crippen LogP contribution in [0.4, 0.5) is 4.39 Å². The van der Waals surface area contributed by atoms with E-state index in [0.29, 0.717) is 5.02 Å². The molecule has 0 heterocycles. The van der Waals surface area contributed by atoms with Gasteiger partial charge >= 0.3 is 0 Å². The summed E-state index contributed by atoms with van der Waals surface area (Å²) in [5.74, 6) is 1.08. The fraction of sp³-hybridized carbons (Fsp3) is 0.222. The number of benzene rings is 1. The van der Waals surface area contributed by atoms with E-state index in [9.17, 15) is 4.39 Å². The van der Waals surface area contributed by atoms with Crippen LogP contribution in [0.25, 0.3) is 0 Å². The summed E-state index contributed by atoms with van der Waals surface area (Å²) in [6.07, 6.45) is 2.23. The first-order chi connectivity index (χ1) is 5.27. The lowest BCUT2D eigenvalue weighted by Crippen LogP contribution is -1.82. The van der Waals surface area contributed by atoms with E-state index in [2.05, 4.69) is 0 Å². The average molecular weight is 170 g/mol. The van der Waals surface area contributed by atoms with Crippen molar-refractivity contribution in [1.29, 1.82) is 0 Å². The molecule has 1 aliphatic carbocycles. The monoisotopic (exact) mass is 169 g/mol. The van der Waals surface area contributed by atoms with Crippen LogP contribution in [0.15, 0.2) is 18.2 Å². The molecule has 0 N–H and O–H groups in total. The zero-order valence-electron chi connectivity index (χ0n) is 5.90. The first-order valence-electron chi connectivity index (χ1n) is 3.57. The van der Waals surface area contributed by atoms with Crippen LogP contribution < -0.4 is 0 Å². The molecule has 0 saturated heterocycles. The summed E-state index contributed by atoms with van der Waals surface area (Å²) in [6, 6.07) is 4.56. The summed E-state index contributed by atoms with van der Waals surface area (Å²) in [5.41, 5.74) is 1.02. The van der Waals surface area contributed by atoms with E-state index in [0.717, 1.165) is 18.4 Å². The molecule has 0 bridgehead atoms. The molecule has 57 valence electrons.